The van der Waals surface area contributed by atoms with Gasteiger partial charge in [0.05, 0.1) is 18.6 Å². The number of anilines is 1. The number of amides is 1. The van der Waals surface area contributed by atoms with Crippen LogP contribution in [0.15, 0.2) is 54.6 Å². The van der Waals surface area contributed by atoms with Gasteiger partial charge in [-0.05, 0) is 67.5 Å². The van der Waals surface area contributed by atoms with Gasteiger partial charge in [0.25, 0.3) is 0 Å². The maximum atomic E-state index is 12.8. The Morgan fingerprint density at radius 3 is 2.45 bits per heavy atom. The lowest BCUT2D eigenvalue weighted by molar-refractivity contribution is -0.143. The van der Waals surface area contributed by atoms with Crippen molar-refractivity contribution < 1.29 is 28.7 Å². The van der Waals surface area contributed by atoms with E-state index in [-0.39, 0.29) is 25.2 Å². The van der Waals surface area contributed by atoms with Gasteiger partial charge in [-0.3, -0.25) is 14.4 Å². The lowest BCUT2D eigenvalue weighted by Crippen LogP contribution is -2.19. The molecule has 9 heteroatoms. The molecule has 1 N–H and O–H groups in total. The van der Waals surface area contributed by atoms with Crippen LogP contribution >= 0.6 is 22.9 Å². The number of carbonyl (C=O) groups is 4. The van der Waals surface area contributed by atoms with E-state index in [2.05, 4.69) is 17.4 Å². The lowest BCUT2D eigenvalue weighted by atomic mass is 9.83. The van der Waals surface area contributed by atoms with Crippen LogP contribution < -0.4 is 5.32 Å². The van der Waals surface area contributed by atoms with Crippen LogP contribution in [0.2, 0.25) is 5.02 Å². The van der Waals surface area contributed by atoms with E-state index in [1.165, 1.54) is 16.9 Å². The van der Waals surface area contributed by atoms with E-state index in [0.29, 0.717) is 33.5 Å². The number of benzene rings is 2. The second-order valence-corrected chi connectivity index (χ2v) is 10.5. The third-order valence-corrected chi connectivity index (χ3v) is 7.78. The molecule has 0 aliphatic heterocycles. The van der Waals surface area contributed by atoms with Crippen LogP contribution in [0.1, 0.15) is 68.8 Å². The van der Waals surface area contributed by atoms with Crippen LogP contribution in [-0.4, -0.2) is 36.8 Å². The summed E-state index contributed by atoms with van der Waals surface area (Å²) in [5.74, 6) is -1.57. The number of hydrogen-bond donors (Lipinski definition) is 1. The van der Waals surface area contributed by atoms with E-state index < -0.39 is 24.5 Å². The molecule has 0 fully saturated rings. The van der Waals surface area contributed by atoms with Crippen LogP contribution in [0.4, 0.5) is 5.00 Å². The average molecular weight is 554 g/mol. The normalized spacial score (nSPS) is 14.3. The molecular formula is C29H28ClNO6S. The predicted octanol–water partition coefficient (Wildman–Crippen LogP) is 6.00. The molecule has 0 unspecified atom stereocenters. The SMILES string of the molecule is CCOC(=O)c1c(NC(=O)CCC(=O)OCC(=O)c2ccc(Cl)cc2)sc2c1CC[C@H](c1ccccc1)C2. The van der Waals surface area contributed by atoms with Crippen molar-refractivity contribution in [2.75, 3.05) is 18.5 Å². The van der Waals surface area contributed by atoms with Crippen molar-refractivity contribution in [3.05, 3.63) is 86.8 Å². The maximum Gasteiger partial charge on any atom is 0.341 e. The largest absolute Gasteiger partial charge is 0.462 e. The zero-order valence-electron chi connectivity index (χ0n) is 21.0. The van der Waals surface area contributed by atoms with Gasteiger partial charge >= 0.3 is 11.9 Å². The molecule has 1 amide bonds. The average Bonchev–Trinajstić information content (AvgIpc) is 3.28. The molecule has 4 rings (SSSR count). The molecule has 0 radical (unpaired) electrons. The minimum absolute atomic E-state index is 0.147. The Kier molecular flexibility index (Phi) is 9.31. The molecule has 198 valence electrons. The lowest BCUT2D eigenvalue weighted by Gasteiger charge is -2.23. The van der Waals surface area contributed by atoms with Gasteiger partial charge < -0.3 is 14.8 Å². The first-order chi connectivity index (χ1) is 18.4. The van der Waals surface area contributed by atoms with Crippen molar-refractivity contribution in [2.24, 2.45) is 0 Å². The number of esters is 2. The van der Waals surface area contributed by atoms with Crippen molar-refractivity contribution in [2.45, 2.75) is 44.9 Å². The summed E-state index contributed by atoms with van der Waals surface area (Å²) in [6, 6.07) is 16.5. The summed E-state index contributed by atoms with van der Waals surface area (Å²) < 4.78 is 10.3. The van der Waals surface area contributed by atoms with E-state index in [1.54, 1.807) is 31.2 Å². The van der Waals surface area contributed by atoms with Crippen molar-refractivity contribution in [3.63, 3.8) is 0 Å². The van der Waals surface area contributed by atoms with Crippen molar-refractivity contribution >= 4 is 51.6 Å². The van der Waals surface area contributed by atoms with Gasteiger partial charge in [-0.1, -0.05) is 41.9 Å². The van der Waals surface area contributed by atoms with Crippen molar-refractivity contribution in [1.29, 1.82) is 0 Å². The molecular weight excluding hydrogens is 526 g/mol. The molecule has 1 heterocycles. The highest BCUT2D eigenvalue weighted by molar-refractivity contribution is 7.17. The van der Waals surface area contributed by atoms with Crippen molar-refractivity contribution in [3.8, 4) is 0 Å². The Morgan fingerprint density at radius 2 is 1.74 bits per heavy atom. The molecule has 2 aromatic carbocycles. The molecule has 1 aliphatic rings. The Hall–Kier alpha value is -3.49. The highest BCUT2D eigenvalue weighted by Crippen LogP contribution is 2.42. The molecule has 0 bridgehead atoms. The number of rotatable bonds is 10. The summed E-state index contributed by atoms with van der Waals surface area (Å²) >= 11 is 7.20. The van der Waals surface area contributed by atoms with E-state index in [1.807, 2.05) is 18.2 Å². The van der Waals surface area contributed by atoms with Crippen LogP contribution in [0.5, 0.6) is 0 Å². The summed E-state index contributed by atoms with van der Waals surface area (Å²) in [5, 5.41) is 3.75. The number of fused-ring (bicyclic) bond motifs is 1. The fourth-order valence-corrected chi connectivity index (χ4v) is 5.90. The Morgan fingerprint density at radius 1 is 1.00 bits per heavy atom. The minimum Gasteiger partial charge on any atom is -0.462 e. The second-order valence-electron chi connectivity index (χ2n) is 8.92. The van der Waals surface area contributed by atoms with Gasteiger partial charge in [0.1, 0.15) is 5.00 Å². The van der Waals surface area contributed by atoms with Gasteiger partial charge in [0, 0.05) is 21.9 Å². The Bertz CT molecular complexity index is 1320. The number of halogens is 1. The molecule has 1 aliphatic carbocycles. The highest BCUT2D eigenvalue weighted by Gasteiger charge is 2.31. The van der Waals surface area contributed by atoms with Gasteiger partial charge in [-0.2, -0.15) is 0 Å². The number of ether oxygens (including phenoxy) is 2. The zero-order chi connectivity index (χ0) is 27.1. The fraction of sp³-hybridized carbons (Fsp3) is 0.310. The van der Waals surface area contributed by atoms with E-state index in [9.17, 15) is 19.2 Å². The minimum atomic E-state index is -0.663. The fourth-order valence-electron chi connectivity index (χ4n) is 4.44. The van der Waals surface area contributed by atoms with Crippen LogP contribution in [-0.2, 0) is 31.9 Å². The number of nitrogens with one attached hydrogen (secondary N) is 1. The van der Waals surface area contributed by atoms with E-state index in [0.717, 1.165) is 23.3 Å². The van der Waals surface area contributed by atoms with E-state index in [4.69, 9.17) is 21.1 Å². The summed E-state index contributed by atoms with van der Waals surface area (Å²) in [7, 11) is 0. The van der Waals surface area contributed by atoms with Gasteiger partial charge in [-0.25, -0.2) is 4.79 Å². The topological polar surface area (TPSA) is 98.8 Å². The first kappa shape index (κ1) is 27.5. The molecule has 1 atom stereocenters. The molecule has 0 saturated heterocycles. The number of hydrogen-bond acceptors (Lipinski definition) is 7. The third-order valence-electron chi connectivity index (χ3n) is 6.36. The molecule has 0 spiro atoms. The first-order valence-corrected chi connectivity index (χ1v) is 13.7. The molecule has 0 saturated carbocycles. The van der Waals surface area contributed by atoms with Crippen molar-refractivity contribution in [1.82, 2.24) is 0 Å². The first-order valence-electron chi connectivity index (χ1n) is 12.5. The molecule has 3 aromatic rings. The predicted molar refractivity (Wildman–Crippen MR) is 146 cm³/mol. The zero-order valence-corrected chi connectivity index (χ0v) is 22.5. The molecule has 38 heavy (non-hydrogen) atoms. The smallest absolute Gasteiger partial charge is 0.341 e. The monoisotopic (exact) mass is 553 g/mol. The number of ketones is 1. The molecule has 1 aromatic heterocycles. The highest BCUT2D eigenvalue weighted by atomic mass is 35.5. The summed E-state index contributed by atoms with van der Waals surface area (Å²) in [4.78, 5) is 50.9. The summed E-state index contributed by atoms with van der Waals surface area (Å²) in [6.45, 7) is 1.54. The quantitative estimate of drug-likeness (QED) is 0.244. The van der Waals surface area contributed by atoms with Gasteiger partial charge in [0.15, 0.2) is 12.4 Å². The number of Topliss-reactive ketones (excluding diaryl/α,β-unsaturated/α-hetero) is 1. The molecule has 7 nitrogen and oxygen atoms in total. The Balaban J connectivity index is 1.36. The van der Waals surface area contributed by atoms with E-state index >= 15 is 0 Å². The van der Waals surface area contributed by atoms with Crippen LogP contribution in [0, 0.1) is 0 Å². The van der Waals surface area contributed by atoms with Gasteiger partial charge in [0.2, 0.25) is 5.91 Å². The summed E-state index contributed by atoms with van der Waals surface area (Å²) in [6.07, 6.45) is 2.04. The Labute approximate surface area is 230 Å². The number of carbonyl (C=O) groups excluding carboxylic acids is 4. The number of thiophene rings is 1. The van der Waals surface area contributed by atoms with Crippen LogP contribution in [0.3, 0.4) is 0 Å². The second kappa shape index (κ2) is 12.8. The third kappa shape index (κ3) is 6.88. The standard InChI is InChI=1S/C29H28ClNO6S/c1-2-36-29(35)27-22-13-10-20(18-6-4-3-5-7-18)16-24(22)38-28(27)31-25(33)14-15-26(34)37-17-23(32)19-8-11-21(30)12-9-19/h3-9,11-12,20H,2,10,13-17H2,1H3,(H,31,33)/t20-/m0/s1. The van der Waals surface area contributed by atoms with Crippen LogP contribution in [0.25, 0.3) is 0 Å². The summed E-state index contributed by atoms with van der Waals surface area (Å²) in [5.41, 5.74) is 2.96. The maximum absolute atomic E-state index is 12.8. The van der Waals surface area contributed by atoms with Gasteiger partial charge in [-0.15, -0.1) is 11.3 Å².